The Hall–Kier alpha value is -3.32. The number of carbonyl (C=O) groups is 1. The van der Waals surface area contributed by atoms with Crippen molar-refractivity contribution in [2.75, 3.05) is 17.4 Å². The summed E-state index contributed by atoms with van der Waals surface area (Å²) in [4.78, 5) is 13.3. The van der Waals surface area contributed by atoms with Crippen LogP contribution in [0.2, 0.25) is 0 Å². The molecule has 36 heavy (non-hydrogen) atoms. The molecule has 0 saturated heterocycles. The molecule has 4 rings (SSSR count). The van der Waals surface area contributed by atoms with Gasteiger partial charge < -0.3 is 10.1 Å². The third-order valence-electron chi connectivity index (χ3n) is 6.55. The van der Waals surface area contributed by atoms with Crippen molar-refractivity contribution in [1.29, 1.82) is 0 Å². The van der Waals surface area contributed by atoms with Gasteiger partial charge in [0.25, 0.3) is 15.9 Å². The SMILES string of the molecule is Cc1ccc(S(=O)(=O)N2C[C@@H](C(=O)NC[C@H](C)c3ccccc3)Oc3ccc(C(C)(C)C)cc32)cc1. The van der Waals surface area contributed by atoms with Crippen LogP contribution in [-0.2, 0) is 20.2 Å². The van der Waals surface area contributed by atoms with Gasteiger partial charge in [-0.1, -0.05) is 81.8 Å². The minimum absolute atomic E-state index is 0.104. The van der Waals surface area contributed by atoms with Gasteiger partial charge in [-0.05, 0) is 53.6 Å². The Labute approximate surface area is 214 Å². The number of fused-ring (bicyclic) bond motifs is 1. The molecule has 0 unspecified atom stereocenters. The largest absolute Gasteiger partial charge is 0.476 e. The van der Waals surface area contributed by atoms with Crippen LogP contribution in [0.4, 0.5) is 5.69 Å². The molecule has 1 amide bonds. The third-order valence-corrected chi connectivity index (χ3v) is 8.34. The minimum Gasteiger partial charge on any atom is -0.476 e. The molecular formula is C29H34N2O4S. The second-order valence-electron chi connectivity index (χ2n) is 10.4. The van der Waals surface area contributed by atoms with Gasteiger partial charge in [-0.25, -0.2) is 8.42 Å². The molecule has 0 saturated carbocycles. The standard InChI is InChI=1S/C29H34N2O4S/c1-20-11-14-24(15-12-20)36(33,34)31-19-27(28(32)30-18-21(2)22-9-7-6-8-10-22)35-26-16-13-23(17-25(26)31)29(3,4)5/h6-17,21,27H,18-19H2,1-5H3,(H,30,32)/t21-,27-/m0/s1. The zero-order chi connectivity index (χ0) is 26.1. The number of aryl methyl sites for hydroxylation is 1. The lowest BCUT2D eigenvalue weighted by Crippen LogP contribution is -2.51. The molecule has 6 nitrogen and oxygen atoms in total. The van der Waals surface area contributed by atoms with Crippen molar-refractivity contribution >= 4 is 21.6 Å². The third kappa shape index (κ3) is 5.41. The molecule has 0 fully saturated rings. The van der Waals surface area contributed by atoms with Crippen LogP contribution in [0.1, 0.15) is 50.3 Å². The minimum atomic E-state index is -3.92. The summed E-state index contributed by atoms with van der Waals surface area (Å²) in [7, 11) is -3.92. The topological polar surface area (TPSA) is 75.7 Å². The number of hydrogen-bond donors (Lipinski definition) is 1. The Morgan fingerprint density at radius 1 is 1.06 bits per heavy atom. The summed E-state index contributed by atoms with van der Waals surface area (Å²) >= 11 is 0. The fourth-order valence-corrected chi connectivity index (χ4v) is 5.65. The number of nitrogens with one attached hydrogen (secondary N) is 1. The number of anilines is 1. The van der Waals surface area contributed by atoms with Crippen molar-refractivity contribution in [3.8, 4) is 5.75 Å². The second kappa shape index (κ2) is 9.97. The van der Waals surface area contributed by atoms with Gasteiger partial charge in [0.2, 0.25) is 0 Å². The molecule has 3 aromatic carbocycles. The van der Waals surface area contributed by atoms with Gasteiger partial charge in [0, 0.05) is 6.54 Å². The Morgan fingerprint density at radius 2 is 1.72 bits per heavy atom. The van der Waals surface area contributed by atoms with Gasteiger partial charge in [0.15, 0.2) is 6.10 Å². The van der Waals surface area contributed by atoms with Gasteiger partial charge in [-0.15, -0.1) is 0 Å². The lowest BCUT2D eigenvalue weighted by atomic mass is 9.86. The lowest BCUT2D eigenvalue weighted by Gasteiger charge is -2.36. The maximum atomic E-state index is 13.8. The molecule has 1 aliphatic rings. The molecule has 0 spiro atoms. The summed E-state index contributed by atoms with van der Waals surface area (Å²) in [5.41, 5.74) is 3.33. The van der Waals surface area contributed by atoms with E-state index in [1.54, 1.807) is 30.3 Å². The summed E-state index contributed by atoms with van der Waals surface area (Å²) in [6.45, 7) is 10.5. The van der Waals surface area contributed by atoms with E-state index in [9.17, 15) is 13.2 Å². The van der Waals surface area contributed by atoms with E-state index in [-0.39, 0.29) is 28.7 Å². The maximum Gasteiger partial charge on any atom is 0.264 e. The Kier molecular flexibility index (Phi) is 7.14. The highest BCUT2D eigenvalue weighted by Crippen LogP contribution is 2.40. The zero-order valence-electron chi connectivity index (χ0n) is 21.5. The first-order chi connectivity index (χ1) is 17.0. The molecule has 0 aliphatic carbocycles. The molecule has 1 aliphatic heterocycles. The highest BCUT2D eigenvalue weighted by Gasteiger charge is 2.38. The highest BCUT2D eigenvalue weighted by molar-refractivity contribution is 7.92. The predicted molar refractivity (Wildman–Crippen MR) is 143 cm³/mol. The van der Waals surface area contributed by atoms with Crippen molar-refractivity contribution in [3.05, 3.63) is 89.5 Å². The van der Waals surface area contributed by atoms with Crippen LogP contribution >= 0.6 is 0 Å². The first-order valence-electron chi connectivity index (χ1n) is 12.2. The Balaban J connectivity index is 1.64. The number of benzene rings is 3. The summed E-state index contributed by atoms with van der Waals surface area (Å²) in [6.07, 6.45) is -0.971. The normalized spacial score (nSPS) is 16.6. The molecule has 1 N–H and O–H groups in total. The van der Waals surface area contributed by atoms with Crippen LogP contribution < -0.4 is 14.4 Å². The summed E-state index contributed by atoms with van der Waals surface area (Å²) < 4.78 is 34.9. The smallest absolute Gasteiger partial charge is 0.264 e. The zero-order valence-corrected chi connectivity index (χ0v) is 22.3. The molecule has 7 heteroatoms. The molecule has 190 valence electrons. The molecule has 0 aromatic heterocycles. The van der Waals surface area contributed by atoms with Crippen LogP contribution in [0.15, 0.2) is 77.7 Å². The summed E-state index contributed by atoms with van der Waals surface area (Å²) in [5.74, 6) is 0.140. The number of amides is 1. The lowest BCUT2D eigenvalue weighted by molar-refractivity contribution is -0.127. The summed E-state index contributed by atoms with van der Waals surface area (Å²) in [6, 6.07) is 22.2. The highest BCUT2D eigenvalue weighted by atomic mass is 32.2. The molecule has 2 atom stereocenters. The van der Waals surface area contributed by atoms with Crippen LogP contribution in [-0.4, -0.2) is 33.5 Å². The molecule has 0 radical (unpaired) electrons. The number of nitrogens with zero attached hydrogens (tertiary/aromatic N) is 1. The number of sulfonamides is 1. The Bertz CT molecular complexity index is 1330. The van der Waals surface area contributed by atoms with Crippen molar-refractivity contribution in [3.63, 3.8) is 0 Å². The second-order valence-corrected chi connectivity index (χ2v) is 12.3. The van der Waals surface area contributed by atoms with Crippen LogP contribution in [0.3, 0.4) is 0 Å². The Morgan fingerprint density at radius 3 is 2.36 bits per heavy atom. The van der Waals surface area contributed by atoms with E-state index >= 15 is 0 Å². The fourth-order valence-electron chi connectivity index (χ4n) is 4.19. The molecule has 0 bridgehead atoms. The number of ether oxygens (including phenoxy) is 1. The monoisotopic (exact) mass is 506 g/mol. The predicted octanol–water partition coefficient (Wildman–Crippen LogP) is 5.17. The van der Waals surface area contributed by atoms with E-state index in [2.05, 4.69) is 26.1 Å². The van der Waals surface area contributed by atoms with Gasteiger partial charge in [-0.3, -0.25) is 9.10 Å². The average Bonchev–Trinajstić information content (AvgIpc) is 2.86. The van der Waals surface area contributed by atoms with E-state index in [1.165, 1.54) is 4.31 Å². The van der Waals surface area contributed by atoms with Crippen molar-refractivity contribution in [2.45, 2.75) is 57.0 Å². The van der Waals surface area contributed by atoms with Crippen LogP contribution in [0, 0.1) is 6.92 Å². The van der Waals surface area contributed by atoms with Gasteiger partial charge in [-0.2, -0.15) is 0 Å². The van der Waals surface area contributed by atoms with Gasteiger partial charge in [0.05, 0.1) is 17.1 Å². The van der Waals surface area contributed by atoms with Gasteiger partial charge >= 0.3 is 0 Å². The van der Waals surface area contributed by atoms with Gasteiger partial charge in [0.1, 0.15) is 5.75 Å². The first-order valence-corrected chi connectivity index (χ1v) is 13.6. The molecule has 1 heterocycles. The van der Waals surface area contributed by atoms with E-state index in [1.807, 2.05) is 56.3 Å². The van der Waals surface area contributed by atoms with E-state index < -0.39 is 16.1 Å². The number of hydrogen-bond acceptors (Lipinski definition) is 4. The fraction of sp³-hybridized carbons (Fsp3) is 0.345. The quantitative estimate of drug-likeness (QED) is 0.501. The van der Waals surface area contributed by atoms with Crippen LogP contribution in [0.5, 0.6) is 5.75 Å². The average molecular weight is 507 g/mol. The molecule has 3 aromatic rings. The van der Waals surface area contributed by atoms with Crippen molar-refractivity contribution in [2.24, 2.45) is 0 Å². The maximum absolute atomic E-state index is 13.8. The van der Waals surface area contributed by atoms with E-state index in [4.69, 9.17) is 4.74 Å². The van der Waals surface area contributed by atoms with E-state index in [0.29, 0.717) is 18.0 Å². The number of rotatable bonds is 6. The number of carbonyl (C=O) groups excluding carboxylic acids is 1. The first kappa shape index (κ1) is 25.8. The van der Waals surface area contributed by atoms with Crippen molar-refractivity contribution < 1.29 is 17.9 Å². The summed E-state index contributed by atoms with van der Waals surface area (Å²) in [5, 5.41) is 2.95. The molecular weight excluding hydrogens is 472 g/mol. The van der Waals surface area contributed by atoms with E-state index in [0.717, 1.165) is 16.7 Å². The van der Waals surface area contributed by atoms with Crippen LogP contribution in [0.25, 0.3) is 0 Å². The van der Waals surface area contributed by atoms with Crippen molar-refractivity contribution in [1.82, 2.24) is 5.32 Å².